The van der Waals surface area contributed by atoms with E-state index in [0.717, 1.165) is 4.88 Å². The van der Waals surface area contributed by atoms with E-state index in [1.165, 1.54) is 9.78 Å². The van der Waals surface area contributed by atoms with E-state index in [1.807, 2.05) is 19.1 Å². The summed E-state index contributed by atoms with van der Waals surface area (Å²) >= 11 is 1.61. The quantitative estimate of drug-likeness (QED) is 0.860. The number of carboxylic acids is 1. The van der Waals surface area contributed by atoms with Gasteiger partial charge in [-0.3, -0.25) is 4.79 Å². The van der Waals surface area contributed by atoms with Gasteiger partial charge in [-0.05, 0) is 32.9 Å². The molecular formula is C12H18N2O3S. The van der Waals surface area contributed by atoms with Gasteiger partial charge in [-0.25, -0.2) is 4.79 Å². The molecule has 5 nitrogen and oxygen atoms in total. The van der Waals surface area contributed by atoms with Crippen molar-refractivity contribution in [3.63, 3.8) is 0 Å². The maximum absolute atomic E-state index is 11.9. The van der Waals surface area contributed by atoms with Crippen molar-refractivity contribution in [2.24, 2.45) is 0 Å². The monoisotopic (exact) mass is 270 g/mol. The average Bonchev–Trinajstić information content (AvgIpc) is 2.68. The molecule has 2 amide bonds. The van der Waals surface area contributed by atoms with E-state index in [4.69, 9.17) is 5.11 Å². The fourth-order valence-corrected chi connectivity index (χ4v) is 2.31. The molecule has 0 saturated carbocycles. The number of hydrogen-bond acceptors (Lipinski definition) is 3. The van der Waals surface area contributed by atoms with Crippen LogP contribution in [0.25, 0.3) is 0 Å². The highest BCUT2D eigenvalue weighted by molar-refractivity contribution is 7.11. The standard InChI is InChI=1S/C12H18N2O3S/c1-8(2)14(7-11(15)16)12(17)13-6-10-5-4-9(3)18-10/h4-5,8H,6-7H2,1-3H3,(H,13,17)(H,15,16). The van der Waals surface area contributed by atoms with E-state index in [0.29, 0.717) is 6.54 Å². The maximum atomic E-state index is 11.9. The molecule has 0 aromatic carbocycles. The predicted molar refractivity (Wildman–Crippen MR) is 70.8 cm³/mol. The largest absolute Gasteiger partial charge is 0.480 e. The molecule has 0 aliphatic carbocycles. The van der Waals surface area contributed by atoms with Gasteiger partial charge in [-0.1, -0.05) is 0 Å². The fraction of sp³-hybridized carbons (Fsp3) is 0.500. The molecule has 0 spiro atoms. The summed E-state index contributed by atoms with van der Waals surface area (Å²) in [6.07, 6.45) is 0. The Hall–Kier alpha value is -1.56. The number of carbonyl (C=O) groups excluding carboxylic acids is 1. The van der Waals surface area contributed by atoms with E-state index >= 15 is 0 Å². The Bertz CT molecular complexity index is 429. The van der Waals surface area contributed by atoms with Gasteiger partial charge in [-0.2, -0.15) is 0 Å². The van der Waals surface area contributed by atoms with Crippen molar-refractivity contribution in [1.82, 2.24) is 10.2 Å². The average molecular weight is 270 g/mol. The zero-order valence-electron chi connectivity index (χ0n) is 10.8. The normalized spacial score (nSPS) is 10.4. The first-order chi connectivity index (χ1) is 8.40. The Balaban J connectivity index is 2.53. The van der Waals surface area contributed by atoms with Crippen LogP contribution in [0.1, 0.15) is 23.6 Å². The lowest BCUT2D eigenvalue weighted by atomic mass is 10.3. The molecule has 0 fully saturated rings. The minimum atomic E-state index is -1.01. The van der Waals surface area contributed by atoms with Gasteiger partial charge in [0.2, 0.25) is 0 Å². The van der Waals surface area contributed by atoms with Crippen molar-refractivity contribution >= 4 is 23.3 Å². The number of thiophene rings is 1. The Kier molecular flexibility index (Phi) is 5.15. The number of carboxylic acid groups (broad SMARTS) is 1. The Morgan fingerprint density at radius 3 is 2.56 bits per heavy atom. The van der Waals surface area contributed by atoms with Gasteiger partial charge >= 0.3 is 12.0 Å². The van der Waals surface area contributed by atoms with Gasteiger partial charge in [0.25, 0.3) is 0 Å². The molecule has 1 aromatic heterocycles. The Labute approximate surface area is 110 Å². The molecule has 0 bridgehead atoms. The fourth-order valence-electron chi connectivity index (χ4n) is 1.48. The van der Waals surface area contributed by atoms with Crippen molar-refractivity contribution in [2.45, 2.75) is 33.4 Å². The number of carbonyl (C=O) groups is 2. The van der Waals surface area contributed by atoms with Crippen molar-refractivity contribution in [3.8, 4) is 0 Å². The van der Waals surface area contributed by atoms with E-state index in [-0.39, 0.29) is 18.6 Å². The van der Waals surface area contributed by atoms with Crippen LogP contribution in [0.3, 0.4) is 0 Å². The highest BCUT2D eigenvalue weighted by Gasteiger charge is 2.19. The zero-order valence-corrected chi connectivity index (χ0v) is 11.6. The highest BCUT2D eigenvalue weighted by atomic mass is 32.1. The lowest BCUT2D eigenvalue weighted by Gasteiger charge is -2.24. The van der Waals surface area contributed by atoms with Gasteiger partial charge in [0.1, 0.15) is 6.54 Å². The Morgan fingerprint density at radius 1 is 1.44 bits per heavy atom. The van der Waals surface area contributed by atoms with Gasteiger partial charge in [0.15, 0.2) is 0 Å². The summed E-state index contributed by atoms with van der Waals surface area (Å²) in [5, 5.41) is 11.5. The number of amides is 2. The number of aliphatic carboxylic acids is 1. The summed E-state index contributed by atoms with van der Waals surface area (Å²) in [7, 11) is 0. The van der Waals surface area contributed by atoms with Gasteiger partial charge in [0.05, 0.1) is 6.54 Å². The molecule has 1 heterocycles. The number of aryl methyl sites for hydroxylation is 1. The molecule has 0 saturated heterocycles. The molecule has 0 radical (unpaired) electrons. The van der Waals surface area contributed by atoms with Gasteiger partial charge in [-0.15, -0.1) is 11.3 Å². The third-order valence-electron chi connectivity index (χ3n) is 2.40. The summed E-state index contributed by atoms with van der Waals surface area (Å²) in [4.78, 5) is 26.1. The third kappa shape index (κ3) is 4.37. The smallest absolute Gasteiger partial charge is 0.323 e. The van der Waals surface area contributed by atoms with E-state index in [1.54, 1.807) is 25.2 Å². The number of nitrogens with zero attached hydrogens (tertiary/aromatic N) is 1. The second-order valence-electron chi connectivity index (χ2n) is 4.29. The lowest BCUT2D eigenvalue weighted by molar-refractivity contribution is -0.138. The van der Waals surface area contributed by atoms with Crippen LogP contribution in [-0.2, 0) is 11.3 Å². The number of rotatable bonds is 5. The first kappa shape index (κ1) is 14.5. The second-order valence-corrected chi connectivity index (χ2v) is 5.66. The first-order valence-corrected chi connectivity index (χ1v) is 6.53. The highest BCUT2D eigenvalue weighted by Crippen LogP contribution is 2.14. The minimum Gasteiger partial charge on any atom is -0.480 e. The van der Waals surface area contributed by atoms with Crippen LogP contribution >= 0.6 is 11.3 Å². The maximum Gasteiger partial charge on any atom is 0.323 e. The van der Waals surface area contributed by atoms with Crippen molar-refractivity contribution < 1.29 is 14.7 Å². The van der Waals surface area contributed by atoms with Gasteiger partial charge in [0, 0.05) is 15.8 Å². The number of urea groups is 1. The van der Waals surface area contributed by atoms with Crippen LogP contribution in [-0.4, -0.2) is 34.6 Å². The SMILES string of the molecule is Cc1ccc(CNC(=O)N(CC(=O)O)C(C)C)s1. The molecule has 1 rings (SSSR count). The molecule has 1 aromatic rings. The topological polar surface area (TPSA) is 69.6 Å². The van der Waals surface area contributed by atoms with E-state index < -0.39 is 5.97 Å². The number of hydrogen-bond donors (Lipinski definition) is 2. The summed E-state index contributed by atoms with van der Waals surface area (Å²) in [6.45, 7) is 5.73. The van der Waals surface area contributed by atoms with E-state index in [2.05, 4.69) is 5.32 Å². The number of nitrogens with one attached hydrogen (secondary N) is 1. The molecule has 0 aliphatic heterocycles. The molecule has 18 heavy (non-hydrogen) atoms. The summed E-state index contributed by atoms with van der Waals surface area (Å²) in [5.74, 6) is -1.01. The van der Waals surface area contributed by atoms with Crippen molar-refractivity contribution in [1.29, 1.82) is 0 Å². The van der Waals surface area contributed by atoms with Crippen LogP contribution in [0.15, 0.2) is 12.1 Å². The molecule has 100 valence electrons. The predicted octanol–water partition coefficient (Wildman–Crippen LogP) is 2.06. The molecule has 6 heteroatoms. The third-order valence-corrected chi connectivity index (χ3v) is 3.40. The summed E-state index contributed by atoms with van der Waals surface area (Å²) in [5.41, 5.74) is 0. The van der Waals surface area contributed by atoms with Crippen molar-refractivity contribution in [2.75, 3.05) is 6.54 Å². The first-order valence-electron chi connectivity index (χ1n) is 5.71. The summed E-state index contributed by atoms with van der Waals surface area (Å²) < 4.78 is 0. The molecule has 0 unspecified atom stereocenters. The second kappa shape index (κ2) is 6.39. The van der Waals surface area contributed by atoms with Crippen LogP contribution in [0.4, 0.5) is 4.79 Å². The lowest BCUT2D eigenvalue weighted by Crippen LogP contribution is -2.46. The zero-order chi connectivity index (χ0) is 13.7. The molecule has 0 aliphatic rings. The summed E-state index contributed by atoms with van der Waals surface area (Å²) in [6, 6.07) is 3.45. The van der Waals surface area contributed by atoms with Gasteiger partial charge < -0.3 is 15.3 Å². The molecule has 0 atom stereocenters. The Morgan fingerprint density at radius 2 is 2.11 bits per heavy atom. The molecular weight excluding hydrogens is 252 g/mol. The van der Waals surface area contributed by atoms with Crippen LogP contribution in [0, 0.1) is 6.92 Å². The molecule has 2 N–H and O–H groups in total. The van der Waals surface area contributed by atoms with Crippen LogP contribution in [0.2, 0.25) is 0 Å². The van der Waals surface area contributed by atoms with E-state index in [9.17, 15) is 9.59 Å². The minimum absolute atomic E-state index is 0.147. The van der Waals surface area contributed by atoms with Crippen LogP contribution < -0.4 is 5.32 Å². The van der Waals surface area contributed by atoms with Crippen molar-refractivity contribution in [3.05, 3.63) is 21.9 Å². The van der Waals surface area contributed by atoms with Crippen LogP contribution in [0.5, 0.6) is 0 Å².